The van der Waals surface area contributed by atoms with E-state index in [2.05, 4.69) is 59.3 Å². The van der Waals surface area contributed by atoms with Gasteiger partial charge in [-0.2, -0.15) is 0 Å². The number of likely N-dealkylation sites (tertiary alicyclic amines) is 1. The Kier molecular flexibility index (Phi) is 9.37. The van der Waals surface area contributed by atoms with Gasteiger partial charge in [0, 0.05) is 44.3 Å². The normalized spacial score (nSPS) is 22.7. The summed E-state index contributed by atoms with van der Waals surface area (Å²) in [6.45, 7) is 8.00. The molecule has 2 heterocycles. The molecule has 2 aliphatic rings. The molecule has 5 rings (SSSR count). The number of ether oxygens (including phenoxy) is 1. The van der Waals surface area contributed by atoms with Crippen molar-refractivity contribution in [1.82, 2.24) is 15.1 Å². The third kappa shape index (κ3) is 6.50. The molecule has 0 radical (unpaired) electrons. The zero-order chi connectivity index (χ0) is 28.1. The number of aldehydes is 1. The number of nitrogens with zero attached hydrogens (tertiary/aromatic N) is 2. The van der Waals surface area contributed by atoms with Crippen LogP contribution in [0.5, 0.6) is 0 Å². The largest absolute Gasteiger partial charge is 0.343 e. The summed E-state index contributed by atoms with van der Waals surface area (Å²) in [6, 6.07) is 24.0. The summed E-state index contributed by atoms with van der Waals surface area (Å²) in [5, 5.41) is 3.60. The van der Waals surface area contributed by atoms with Gasteiger partial charge in [-0.25, -0.2) is 8.78 Å². The molecule has 2 fully saturated rings. The molecular formula is C33H39F2N3O2. The van der Waals surface area contributed by atoms with Gasteiger partial charge < -0.3 is 10.1 Å². The lowest BCUT2D eigenvalue weighted by Gasteiger charge is -2.48. The number of halogens is 2. The topological polar surface area (TPSA) is 44.8 Å². The highest BCUT2D eigenvalue weighted by Crippen LogP contribution is 2.38. The Morgan fingerprint density at radius 1 is 0.825 bits per heavy atom. The average molecular weight is 548 g/mol. The Bertz CT molecular complexity index is 1170. The molecule has 2 aliphatic heterocycles. The van der Waals surface area contributed by atoms with Gasteiger partial charge in [0.25, 0.3) is 0 Å². The minimum atomic E-state index is -0.769. The molecule has 40 heavy (non-hydrogen) atoms. The number of hydrogen-bond acceptors (Lipinski definition) is 5. The van der Waals surface area contributed by atoms with Crippen molar-refractivity contribution in [2.24, 2.45) is 5.92 Å². The van der Waals surface area contributed by atoms with Gasteiger partial charge in [0.1, 0.15) is 17.7 Å². The van der Waals surface area contributed by atoms with Crippen molar-refractivity contribution in [3.05, 3.63) is 107 Å². The Labute approximate surface area is 236 Å². The number of carbonyl (C=O) groups excluding carboxylic acids is 1. The summed E-state index contributed by atoms with van der Waals surface area (Å²) in [7, 11) is 0. The van der Waals surface area contributed by atoms with Crippen LogP contribution in [0, 0.1) is 17.6 Å². The van der Waals surface area contributed by atoms with E-state index in [-0.39, 0.29) is 11.6 Å². The molecular weight excluding hydrogens is 508 g/mol. The maximum absolute atomic E-state index is 13.7. The smallest absolute Gasteiger partial charge is 0.168 e. The Hall–Kier alpha value is -2.97. The monoisotopic (exact) mass is 547 g/mol. The highest BCUT2D eigenvalue weighted by molar-refractivity contribution is 5.55. The van der Waals surface area contributed by atoms with Crippen LogP contribution in [0.15, 0.2) is 78.9 Å². The lowest BCUT2D eigenvalue weighted by atomic mass is 9.82. The van der Waals surface area contributed by atoms with Crippen molar-refractivity contribution in [2.75, 3.05) is 26.2 Å². The number of carbonyl (C=O) groups is 1. The lowest BCUT2D eigenvalue weighted by molar-refractivity contribution is -0.140. The van der Waals surface area contributed by atoms with Gasteiger partial charge in [0.2, 0.25) is 0 Å². The Morgan fingerprint density at radius 3 is 1.95 bits per heavy atom. The van der Waals surface area contributed by atoms with Gasteiger partial charge in [-0.3, -0.25) is 14.6 Å². The maximum Gasteiger partial charge on any atom is 0.168 e. The SMILES string of the molecule is CC1NCCN(C(c2ccccc2)C2CCN(C(C=O)OC(c3ccc(F)cc3)c3ccc(F)cc3)CC2)C1C. The summed E-state index contributed by atoms with van der Waals surface area (Å²) >= 11 is 0. The summed E-state index contributed by atoms with van der Waals surface area (Å²) in [5.41, 5.74) is 2.76. The zero-order valence-electron chi connectivity index (χ0n) is 23.3. The van der Waals surface area contributed by atoms with Crippen LogP contribution in [0.4, 0.5) is 8.78 Å². The van der Waals surface area contributed by atoms with Crippen LogP contribution in [-0.4, -0.2) is 60.6 Å². The minimum absolute atomic E-state index is 0.310. The summed E-state index contributed by atoms with van der Waals surface area (Å²) in [6.07, 6.45) is 1.32. The van der Waals surface area contributed by atoms with E-state index in [0.717, 1.165) is 45.3 Å². The number of rotatable bonds is 9. The van der Waals surface area contributed by atoms with Crippen molar-refractivity contribution in [1.29, 1.82) is 0 Å². The van der Waals surface area contributed by atoms with Crippen molar-refractivity contribution < 1.29 is 18.3 Å². The van der Waals surface area contributed by atoms with Gasteiger partial charge >= 0.3 is 0 Å². The lowest BCUT2D eigenvalue weighted by Crippen LogP contribution is -2.58. The van der Waals surface area contributed by atoms with Crippen LogP contribution in [0.2, 0.25) is 0 Å². The van der Waals surface area contributed by atoms with E-state index in [0.29, 0.717) is 35.2 Å². The molecule has 1 N–H and O–H groups in total. The first-order chi connectivity index (χ1) is 19.4. The molecule has 5 nitrogen and oxygen atoms in total. The second-order valence-corrected chi connectivity index (χ2v) is 11.1. The molecule has 3 aromatic rings. The van der Waals surface area contributed by atoms with Gasteiger partial charge in [-0.1, -0.05) is 54.6 Å². The Morgan fingerprint density at radius 2 is 1.40 bits per heavy atom. The molecule has 0 spiro atoms. The number of piperidine rings is 1. The number of piperazine rings is 1. The first kappa shape index (κ1) is 28.6. The standard InChI is InChI=1S/C33H39F2N3O2/c1-23-24(2)38(21-18-36-23)32(25-6-4-3-5-7-25)26-16-19-37(20-17-26)31(22-39)40-33(27-8-12-29(34)13-9-27)28-10-14-30(35)15-11-28/h3-15,22-24,26,31-33,36H,16-21H2,1-2H3. The fourth-order valence-corrected chi connectivity index (χ4v) is 6.32. The van der Waals surface area contributed by atoms with Crippen LogP contribution >= 0.6 is 0 Å². The van der Waals surface area contributed by atoms with E-state index in [4.69, 9.17) is 4.74 Å². The molecule has 0 aromatic heterocycles. The van der Waals surface area contributed by atoms with Gasteiger partial charge in [0.15, 0.2) is 12.5 Å². The van der Waals surface area contributed by atoms with E-state index < -0.39 is 12.3 Å². The predicted octanol–water partition coefficient (Wildman–Crippen LogP) is 5.73. The molecule has 2 saturated heterocycles. The van der Waals surface area contributed by atoms with Crippen LogP contribution < -0.4 is 5.32 Å². The van der Waals surface area contributed by atoms with E-state index >= 15 is 0 Å². The third-order valence-corrected chi connectivity index (χ3v) is 8.70. The van der Waals surface area contributed by atoms with E-state index in [1.807, 2.05) is 0 Å². The maximum atomic E-state index is 13.7. The summed E-state index contributed by atoms with van der Waals surface area (Å²) < 4.78 is 33.7. The number of nitrogens with one attached hydrogen (secondary N) is 1. The molecule has 7 heteroatoms. The zero-order valence-corrected chi connectivity index (χ0v) is 23.3. The molecule has 0 amide bonds. The quantitative estimate of drug-likeness (QED) is 0.347. The predicted molar refractivity (Wildman–Crippen MR) is 153 cm³/mol. The molecule has 0 saturated carbocycles. The molecule has 0 aliphatic carbocycles. The number of benzene rings is 3. The summed E-state index contributed by atoms with van der Waals surface area (Å²) in [4.78, 5) is 17.1. The molecule has 4 unspecified atom stereocenters. The number of hydrogen-bond donors (Lipinski definition) is 1. The highest BCUT2D eigenvalue weighted by Gasteiger charge is 2.38. The molecule has 212 valence electrons. The average Bonchev–Trinajstić information content (AvgIpc) is 2.98. The molecule has 3 aromatic carbocycles. The van der Waals surface area contributed by atoms with Gasteiger partial charge in [-0.05, 0) is 73.6 Å². The fraction of sp³-hybridized carbons (Fsp3) is 0.424. The molecule has 0 bridgehead atoms. The van der Waals surface area contributed by atoms with Crippen LogP contribution in [-0.2, 0) is 9.53 Å². The van der Waals surface area contributed by atoms with Gasteiger partial charge in [-0.15, -0.1) is 0 Å². The van der Waals surface area contributed by atoms with E-state index in [9.17, 15) is 13.6 Å². The second kappa shape index (κ2) is 13.1. The van der Waals surface area contributed by atoms with Crippen molar-refractivity contribution in [3.63, 3.8) is 0 Å². The molecule has 4 atom stereocenters. The third-order valence-electron chi connectivity index (χ3n) is 8.70. The van der Waals surface area contributed by atoms with Crippen LogP contribution in [0.3, 0.4) is 0 Å². The summed E-state index contributed by atoms with van der Waals surface area (Å²) in [5.74, 6) is -0.253. The van der Waals surface area contributed by atoms with Crippen molar-refractivity contribution in [3.8, 4) is 0 Å². The van der Waals surface area contributed by atoms with Crippen molar-refractivity contribution >= 4 is 6.29 Å². The second-order valence-electron chi connectivity index (χ2n) is 11.1. The van der Waals surface area contributed by atoms with E-state index in [1.165, 1.54) is 29.8 Å². The fourth-order valence-electron chi connectivity index (χ4n) is 6.32. The highest BCUT2D eigenvalue weighted by atomic mass is 19.1. The van der Waals surface area contributed by atoms with E-state index in [1.54, 1.807) is 24.3 Å². The van der Waals surface area contributed by atoms with Gasteiger partial charge in [0.05, 0.1) is 0 Å². The first-order valence-electron chi connectivity index (χ1n) is 14.3. The minimum Gasteiger partial charge on any atom is -0.343 e. The van der Waals surface area contributed by atoms with Crippen LogP contribution in [0.1, 0.15) is 55.5 Å². The van der Waals surface area contributed by atoms with Crippen LogP contribution in [0.25, 0.3) is 0 Å². The Balaban J connectivity index is 1.33. The first-order valence-corrected chi connectivity index (χ1v) is 14.3. The van der Waals surface area contributed by atoms with Crippen molar-refractivity contribution in [2.45, 2.75) is 57.1 Å².